The zero-order chi connectivity index (χ0) is 17.6. The summed E-state index contributed by atoms with van der Waals surface area (Å²) in [5.41, 5.74) is -2.20. The molecule has 1 heterocycles. The van der Waals surface area contributed by atoms with Crippen LogP contribution in [0.4, 0.5) is 13.2 Å². The maximum absolute atomic E-state index is 12.9. The fourth-order valence-corrected chi connectivity index (χ4v) is 2.38. The van der Waals surface area contributed by atoms with Crippen molar-refractivity contribution in [2.75, 3.05) is 0 Å². The van der Waals surface area contributed by atoms with E-state index >= 15 is 0 Å². The van der Waals surface area contributed by atoms with Crippen LogP contribution in [-0.2, 0) is 20.1 Å². The first-order valence-electron chi connectivity index (χ1n) is 6.74. The monoisotopic (exact) mass is 351 g/mol. The molecule has 2 rings (SSSR count). The molecule has 1 unspecified atom stereocenters. The van der Waals surface area contributed by atoms with E-state index in [1.54, 1.807) is 27.7 Å². The van der Waals surface area contributed by atoms with Crippen LogP contribution in [0, 0.1) is 0 Å². The third-order valence-electron chi connectivity index (χ3n) is 4.01. The van der Waals surface area contributed by atoms with Gasteiger partial charge >= 0.3 is 21.5 Å². The third kappa shape index (κ3) is 3.69. The highest BCUT2D eigenvalue weighted by Crippen LogP contribution is 2.40. The molecule has 1 aromatic carbocycles. The molecule has 10 heteroatoms. The summed E-state index contributed by atoms with van der Waals surface area (Å²) in [6.07, 6.45) is -4.71. The van der Waals surface area contributed by atoms with Crippen molar-refractivity contribution in [1.29, 1.82) is 0 Å². The maximum Gasteiger partial charge on any atom is 0.747 e. The standard InChI is InChI=1S/C13H15BF3O5P/c1-11(2)12(3,4)22-14(21-11)8-5-6-9(13(15,16)17)10(7-8)20-23(18)19/h5-7H,1-4H3/p+1. The molecule has 0 aromatic heterocycles. The molecule has 1 atom stereocenters. The molecule has 126 valence electrons. The van der Waals surface area contributed by atoms with Crippen LogP contribution in [0.5, 0.6) is 5.75 Å². The van der Waals surface area contributed by atoms with Crippen LogP contribution in [0.15, 0.2) is 18.2 Å². The average Bonchev–Trinajstić information content (AvgIpc) is 2.56. The Hall–Kier alpha value is -1.15. The summed E-state index contributed by atoms with van der Waals surface area (Å²) in [7, 11) is -4.14. The minimum absolute atomic E-state index is 0.267. The second-order valence-corrected chi connectivity index (χ2v) is 6.83. The van der Waals surface area contributed by atoms with Gasteiger partial charge in [-0.15, -0.1) is 4.89 Å². The molecule has 5 nitrogen and oxygen atoms in total. The van der Waals surface area contributed by atoms with Crippen LogP contribution in [-0.4, -0.2) is 23.2 Å². The van der Waals surface area contributed by atoms with Crippen molar-refractivity contribution < 1.29 is 36.5 Å². The zero-order valence-electron chi connectivity index (χ0n) is 13.0. The van der Waals surface area contributed by atoms with Gasteiger partial charge in [-0.3, -0.25) is 0 Å². The fraction of sp³-hybridized carbons (Fsp3) is 0.538. The van der Waals surface area contributed by atoms with Crippen molar-refractivity contribution in [3.05, 3.63) is 23.8 Å². The lowest BCUT2D eigenvalue weighted by Gasteiger charge is -2.32. The number of benzene rings is 1. The summed E-state index contributed by atoms with van der Waals surface area (Å²) >= 11 is 0. The van der Waals surface area contributed by atoms with Crippen molar-refractivity contribution in [3.8, 4) is 5.75 Å². The van der Waals surface area contributed by atoms with Gasteiger partial charge in [-0.25, -0.2) is 4.52 Å². The predicted octanol–water partition coefficient (Wildman–Crippen LogP) is 3.03. The smallest absolute Gasteiger partial charge is 0.399 e. The van der Waals surface area contributed by atoms with Gasteiger partial charge in [0, 0.05) is 4.57 Å². The van der Waals surface area contributed by atoms with Crippen molar-refractivity contribution in [2.24, 2.45) is 0 Å². The Balaban J connectivity index is 2.41. The van der Waals surface area contributed by atoms with Gasteiger partial charge < -0.3 is 9.31 Å². The summed E-state index contributed by atoms with van der Waals surface area (Å²) in [6, 6.07) is 2.98. The van der Waals surface area contributed by atoms with E-state index < -0.39 is 44.1 Å². The van der Waals surface area contributed by atoms with E-state index in [-0.39, 0.29) is 5.46 Å². The minimum atomic E-state index is -4.71. The second-order valence-electron chi connectivity index (χ2n) is 6.17. The third-order valence-corrected chi connectivity index (χ3v) is 4.37. The lowest BCUT2D eigenvalue weighted by atomic mass is 9.78. The lowest BCUT2D eigenvalue weighted by Crippen LogP contribution is -2.41. The summed E-state index contributed by atoms with van der Waals surface area (Å²) in [6.45, 7) is 7.22. The van der Waals surface area contributed by atoms with Crippen LogP contribution < -0.4 is 9.99 Å². The van der Waals surface area contributed by atoms with E-state index in [1.165, 1.54) is 6.07 Å². The van der Waals surface area contributed by atoms with Gasteiger partial charge in [0.2, 0.25) is 5.75 Å². The molecule has 0 saturated carbocycles. The zero-order valence-corrected chi connectivity index (χ0v) is 13.9. The highest BCUT2D eigenvalue weighted by molar-refractivity contribution is 7.32. The van der Waals surface area contributed by atoms with Gasteiger partial charge in [-0.1, -0.05) is 6.07 Å². The molecule has 1 fully saturated rings. The van der Waals surface area contributed by atoms with Crippen molar-refractivity contribution >= 4 is 20.8 Å². The molecule has 1 N–H and O–H groups in total. The molecular weight excluding hydrogens is 335 g/mol. The first-order chi connectivity index (χ1) is 10.3. The Morgan fingerprint density at radius 3 is 2.13 bits per heavy atom. The van der Waals surface area contributed by atoms with E-state index in [9.17, 15) is 17.7 Å². The Labute approximate surface area is 132 Å². The van der Waals surface area contributed by atoms with E-state index in [0.29, 0.717) is 0 Å². The largest absolute Gasteiger partial charge is 0.747 e. The van der Waals surface area contributed by atoms with E-state index in [0.717, 1.165) is 12.1 Å². The average molecular weight is 351 g/mol. The van der Waals surface area contributed by atoms with Crippen molar-refractivity contribution in [1.82, 2.24) is 0 Å². The van der Waals surface area contributed by atoms with Crippen LogP contribution in [0.25, 0.3) is 0 Å². The number of halogens is 3. The van der Waals surface area contributed by atoms with E-state index in [1.807, 2.05) is 0 Å². The summed E-state index contributed by atoms with van der Waals surface area (Å²) < 4.78 is 65.5. The van der Waals surface area contributed by atoms with E-state index in [4.69, 9.17) is 14.2 Å². The number of hydrogen-bond acceptors (Lipinski definition) is 4. The Morgan fingerprint density at radius 1 is 1.17 bits per heavy atom. The van der Waals surface area contributed by atoms with Gasteiger partial charge in [-0.05, 0) is 45.3 Å². The first kappa shape index (κ1) is 18.2. The molecule has 0 spiro atoms. The van der Waals surface area contributed by atoms with Crippen molar-refractivity contribution in [3.63, 3.8) is 0 Å². The predicted molar refractivity (Wildman–Crippen MR) is 77.6 cm³/mol. The van der Waals surface area contributed by atoms with Crippen LogP contribution >= 0.6 is 8.25 Å². The molecule has 1 aliphatic rings. The second kappa shape index (κ2) is 5.74. The van der Waals surface area contributed by atoms with Crippen LogP contribution in [0.2, 0.25) is 0 Å². The quantitative estimate of drug-likeness (QED) is 0.670. The summed E-state index contributed by atoms with van der Waals surface area (Å²) in [5, 5.41) is 0. The molecule has 1 aromatic rings. The van der Waals surface area contributed by atoms with Crippen molar-refractivity contribution in [2.45, 2.75) is 45.1 Å². The Kier molecular flexibility index (Phi) is 4.54. The molecule has 0 bridgehead atoms. The number of rotatable bonds is 3. The maximum atomic E-state index is 12.9. The van der Waals surface area contributed by atoms with Gasteiger partial charge in [0.15, 0.2) is 0 Å². The molecule has 0 amide bonds. The van der Waals surface area contributed by atoms with Crippen LogP contribution in [0.1, 0.15) is 33.3 Å². The number of alkyl halides is 3. The fourth-order valence-electron chi connectivity index (χ4n) is 2.06. The molecule has 1 aliphatic heterocycles. The molecule has 0 aliphatic carbocycles. The van der Waals surface area contributed by atoms with Crippen LogP contribution in [0.3, 0.4) is 0 Å². The highest BCUT2D eigenvalue weighted by Gasteiger charge is 2.52. The molecule has 0 radical (unpaired) electrons. The molecule has 23 heavy (non-hydrogen) atoms. The van der Waals surface area contributed by atoms with Gasteiger partial charge in [0.05, 0.1) is 11.2 Å². The Morgan fingerprint density at radius 2 is 1.70 bits per heavy atom. The van der Waals surface area contributed by atoms with Gasteiger partial charge in [-0.2, -0.15) is 13.2 Å². The summed E-state index contributed by atoms with van der Waals surface area (Å²) in [5.74, 6) is -0.742. The molecular formula is C13H16BF3O5P+. The minimum Gasteiger partial charge on any atom is -0.399 e. The summed E-state index contributed by atoms with van der Waals surface area (Å²) in [4.78, 5) is 8.78. The first-order valence-corrected chi connectivity index (χ1v) is 7.87. The topological polar surface area (TPSA) is 65.0 Å². The number of hydrogen-bond donors (Lipinski definition) is 1. The SMILES string of the molecule is CC1(C)OB(c2ccc(C(F)(F)F)c(O[P+](=O)O)c2)OC1(C)C. The highest BCUT2D eigenvalue weighted by atomic mass is 31.1. The normalized spacial score (nSPS) is 20.5. The molecule has 1 saturated heterocycles. The lowest BCUT2D eigenvalue weighted by molar-refractivity contribution is -0.138. The Bertz CT molecular complexity index is 617. The van der Waals surface area contributed by atoms with Gasteiger partial charge in [0.25, 0.3) is 0 Å². The van der Waals surface area contributed by atoms with Gasteiger partial charge in [0.1, 0.15) is 5.56 Å². The van der Waals surface area contributed by atoms with E-state index in [2.05, 4.69) is 4.52 Å².